The number of methoxy groups -OCH3 is 1. The molecule has 35 heavy (non-hydrogen) atoms. The minimum absolute atomic E-state index is 0.0490. The predicted molar refractivity (Wildman–Crippen MR) is 139 cm³/mol. The normalized spacial score (nSPS) is 12.2. The van der Waals surface area contributed by atoms with Gasteiger partial charge in [0.05, 0.1) is 19.1 Å². The van der Waals surface area contributed by atoms with Gasteiger partial charge in [0, 0.05) is 31.6 Å². The highest BCUT2D eigenvalue weighted by Crippen LogP contribution is 2.24. The van der Waals surface area contributed by atoms with Crippen LogP contribution in [0.25, 0.3) is 0 Å². The monoisotopic (exact) mass is 503 g/mol. The van der Waals surface area contributed by atoms with E-state index in [0.717, 1.165) is 17.4 Å². The zero-order chi connectivity index (χ0) is 26.2. The van der Waals surface area contributed by atoms with Crippen molar-refractivity contribution in [1.29, 1.82) is 0 Å². The number of ether oxygens (including phenoxy) is 1. The zero-order valence-corrected chi connectivity index (χ0v) is 22.3. The number of nitrogens with zero attached hydrogens (tertiary/aromatic N) is 2. The fraction of sp³-hybridized carbons (Fsp3) is 0.462. The van der Waals surface area contributed by atoms with Crippen molar-refractivity contribution in [3.63, 3.8) is 0 Å². The molecule has 2 aromatic rings. The third-order valence-corrected chi connectivity index (χ3v) is 6.72. The van der Waals surface area contributed by atoms with Crippen LogP contribution in [0.5, 0.6) is 5.75 Å². The van der Waals surface area contributed by atoms with Crippen LogP contribution in [0.3, 0.4) is 0 Å². The predicted octanol–water partition coefficient (Wildman–Crippen LogP) is 3.49. The van der Waals surface area contributed by atoms with Crippen molar-refractivity contribution >= 4 is 27.5 Å². The SMILES string of the molecule is COc1cccc(N(CCCC(=O)N(Cc2cccc(C)c2)[C@@H](C)C(=O)NC(C)C)S(C)(=O)=O)c1. The van der Waals surface area contributed by atoms with E-state index in [2.05, 4.69) is 5.32 Å². The van der Waals surface area contributed by atoms with Crippen molar-refractivity contribution in [3.05, 3.63) is 59.7 Å². The van der Waals surface area contributed by atoms with Gasteiger partial charge in [-0.1, -0.05) is 35.9 Å². The molecule has 8 nitrogen and oxygen atoms in total. The van der Waals surface area contributed by atoms with E-state index in [-0.39, 0.29) is 30.8 Å². The topological polar surface area (TPSA) is 96.0 Å². The first-order valence-electron chi connectivity index (χ1n) is 11.7. The Morgan fingerprint density at radius 3 is 2.34 bits per heavy atom. The van der Waals surface area contributed by atoms with Crippen molar-refractivity contribution < 1.29 is 22.7 Å². The maximum atomic E-state index is 13.3. The standard InChI is InChI=1S/C26H37N3O5S/c1-19(2)27-26(31)21(4)28(18-22-11-7-10-20(3)16-22)25(30)14-9-15-29(35(6,32)33)23-12-8-13-24(17-23)34-5/h7-8,10-13,16-17,19,21H,9,14-15,18H2,1-6H3,(H,27,31)/t21-/m0/s1. The molecule has 0 saturated heterocycles. The van der Waals surface area contributed by atoms with Gasteiger partial charge >= 0.3 is 0 Å². The molecule has 1 N–H and O–H groups in total. The highest BCUT2D eigenvalue weighted by molar-refractivity contribution is 7.92. The molecule has 2 amide bonds. The Morgan fingerprint density at radius 2 is 1.74 bits per heavy atom. The van der Waals surface area contributed by atoms with Gasteiger partial charge in [-0.15, -0.1) is 0 Å². The maximum absolute atomic E-state index is 13.3. The van der Waals surface area contributed by atoms with Crippen molar-refractivity contribution in [1.82, 2.24) is 10.2 Å². The molecule has 0 bridgehead atoms. The third-order valence-electron chi connectivity index (χ3n) is 5.53. The number of amides is 2. The molecule has 0 aliphatic carbocycles. The Morgan fingerprint density at radius 1 is 1.06 bits per heavy atom. The molecule has 0 radical (unpaired) electrons. The number of hydrogen-bond acceptors (Lipinski definition) is 5. The van der Waals surface area contributed by atoms with Gasteiger partial charge in [-0.2, -0.15) is 0 Å². The Kier molecular flexibility index (Phi) is 10.1. The summed E-state index contributed by atoms with van der Waals surface area (Å²) in [4.78, 5) is 27.6. The number of hydrogen-bond donors (Lipinski definition) is 1. The van der Waals surface area contributed by atoms with Crippen LogP contribution in [0.1, 0.15) is 44.7 Å². The molecule has 9 heteroatoms. The van der Waals surface area contributed by atoms with Gasteiger partial charge in [0.25, 0.3) is 0 Å². The van der Waals surface area contributed by atoms with E-state index in [1.54, 1.807) is 36.1 Å². The van der Waals surface area contributed by atoms with Crippen LogP contribution in [-0.2, 0) is 26.2 Å². The second-order valence-electron chi connectivity index (χ2n) is 8.99. The quantitative estimate of drug-likeness (QED) is 0.478. The second-order valence-corrected chi connectivity index (χ2v) is 10.9. The molecule has 0 saturated carbocycles. The largest absolute Gasteiger partial charge is 0.497 e. The number of aryl methyl sites for hydroxylation is 1. The summed E-state index contributed by atoms with van der Waals surface area (Å²) >= 11 is 0. The Balaban J connectivity index is 2.18. The summed E-state index contributed by atoms with van der Waals surface area (Å²) in [5.74, 6) is 0.105. The van der Waals surface area contributed by atoms with Crippen LogP contribution in [0, 0.1) is 6.92 Å². The van der Waals surface area contributed by atoms with Gasteiger partial charge in [-0.05, 0) is 51.8 Å². The molecule has 0 unspecified atom stereocenters. The summed E-state index contributed by atoms with van der Waals surface area (Å²) in [6.45, 7) is 7.85. The number of carbonyl (C=O) groups is 2. The van der Waals surface area contributed by atoms with Crippen LogP contribution in [-0.4, -0.2) is 57.1 Å². The Bertz CT molecular complexity index is 1120. The molecular formula is C26H37N3O5S. The number of carbonyl (C=O) groups excluding carboxylic acids is 2. The second kappa shape index (κ2) is 12.6. The molecule has 0 heterocycles. The van der Waals surface area contributed by atoms with E-state index >= 15 is 0 Å². The first-order valence-corrected chi connectivity index (χ1v) is 13.5. The van der Waals surface area contributed by atoms with Gasteiger partial charge in [-0.3, -0.25) is 13.9 Å². The molecule has 192 valence electrons. The van der Waals surface area contributed by atoms with Crippen molar-refractivity contribution in [2.75, 3.05) is 24.2 Å². The molecule has 2 aromatic carbocycles. The lowest BCUT2D eigenvalue weighted by Gasteiger charge is -2.30. The van der Waals surface area contributed by atoms with Gasteiger partial charge in [-0.25, -0.2) is 8.42 Å². The molecule has 0 aliphatic rings. The van der Waals surface area contributed by atoms with E-state index < -0.39 is 16.1 Å². The van der Waals surface area contributed by atoms with Gasteiger partial charge in [0.2, 0.25) is 21.8 Å². The lowest BCUT2D eigenvalue weighted by Crippen LogP contribution is -2.49. The van der Waals surface area contributed by atoms with Crippen molar-refractivity contribution in [2.45, 2.75) is 59.2 Å². The highest BCUT2D eigenvalue weighted by Gasteiger charge is 2.27. The number of rotatable bonds is 12. The number of nitrogens with one attached hydrogen (secondary N) is 1. The summed E-state index contributed by atoms with van der Waals surface area (Å²) in [6.07, 6.45) is 1.53. The van der Waals surface area contributed by atoms with E-state index in [4.69, 9.17) is 4.74 Å². The van der Waals surface area contributed by atoms with Crippen molar-refractivity contribution in [3.8, 4) is 5.75 Å². The first-order chi connectivity index (χ1) is 16.4. The van der Waals surface area contributed by atoms with E-state index in [1.807, 2.05) is 45.0 Å². The molecular weight excluding hydrogens is 466 g/mol. The van der Waals surface area contributed by atoms with Crippen LogP contribution in [0.2, 0.25) is 0 Å². The summed E-state index contributed by atoms with van der Waals surface area (Å²) in [7, 11) is -2.05. The van der Waals surface area contributed by atoms with Crippen LogP contribution in [0.15, 0.2) is 48.5 Å². The fourth-order valence-corrected chi connectivity index (χ4v) is 4.72. The molecule has 0 spiro atoms. The summed E-state index contributed by atoms with van der Waals surface area (Å²) in [6, 6.07) is 13.9. The molecule has 0 aromatic heterocycles. The first kappa shape index (κ1) is 28.2. The number of anilines is 1. The average Bonchev–Trinajstić information content (AvgIpc) is 2.78. The average molecular weight is 504 g/mol. The van der Waals surface area contributed by atoms with Gasteiger partial charge in [0.15, 0.2) is 0 Å². The molecule has 2 rings (SSSR count). The lowest BCUT2D eigenvalue weighted by atomic mass is 10.1. The molecule has 0 fully saturated rings. The zero-order valence-electron chi connectivity index (χ0n) is 21.4. The van der Waals surface area contributed by atoms with Crippen LogP contribution >= 0.6 is 0 Å². The van der Waals surface area contributed by atoms with E-state index in [9.17, 15) is 18.0 Å². The Hall–Kier alpha value is -3.07. The lowest BCUT2D eigenvalue weighted by molar-refractivity contribution is -0.140. The Labute approximate surface area is 209 Å². The summed E-state index contributed by atoms with van der Waals surface area (Å²) in [5.41, 5.74) is 2.47. The van der Waals surface area contributed by atoms with E-state index in [1.165, 1.54) is 11.4 Å². The summed E-state index contributed by atoms with van der Waals surface area (Å²) in [5, 5.41) is 2.87. The summed E-state index contributed by atoms with van der Waals surface area (Å²) < 4.78 is 31.4. The maximum Gasteiger partial charge on any atom is 0.242 e. The fourth-order valence-electron chi connectivity index (χ4n) is 3.76. The van der Waals surface area contributed by atoms with Crippen molar-refractivity contribution in [2.24, 2.45) is 0 Å². The minimum atomic E-state index is -3.57. The van der Waals surface area contributed by atoms with E-state index in [0.29, 0.717) is 24.4 Å². The van der Waals surface area contributed by atoms with Gasteiger partial charge < -0.3 is 15.0 Å². The molecule has 0 aliphatic heterocycles. The minimum Gasteiger partial charge on any atom is -0.497 e. The number of benzene rings is 2. The smallest absolute Gasteiger partial charge is 0.242 e. The van der Waals surface area contributed by atoms with Gasteiger partial charge in [0.1, 0.15) is 11.8 Å². The van der Waals surface area contributed by atoms with Crippen LogP contribution in [0.4, 0.5) is 5.69 Å². The van der Waals surface area contributed by atoms with Crippen LogP contribution < -0.4 is 14.4 Å². The number of sulfonamides is 1. The third kappa shape index (κ3) is 8.58. The highest BCUT2D eigenvalue weighted by atomic mass is 32.2. The molecule has 1 atom stereocenters.